The van der Waals surface area contributed by atoms with Gasteiger partial charge in [0.05, 0.1) is 0 Å². The number of rotatable bonds is 6. The molecule has 1 aromatic carbocycles. The minimum atomic E-state index is -1.00. The summed E-state index contributed by atoms with van der Waals surface area (Å²) in [6.07, 6.45) is 1.38. The number of carbonyl (C=O) groups is 1. The standard InChI is InChI=1S/C13H12ClN3O3/c14-11-5-12(17-8-16-11)15-6-9-1-3-10(4-2-9)20-7-13(18)19/h1-5,8H,6-7H2,(H,18,19)(H,15,16,17). The number of aliphatic carboxylic acids is 1. The normalized spacial score (nSPS) is 10.1. The van der Waals surface area contributed by atoms with Crippen molar-refractivity contribution >= 4 is 23.4 Å². The molecular weight excluding hydrogens is 282 g/mol. The lowest BCUT2D eigenvalue weighted by Gasteiger charge is -2.07. The van der Waals surface area contributed by atoms with E-state index in [9.17, 15) is 4.79 Å². The van der Waals surface area contributed by atoms with Crippen molar-refractivity contribution in [2.75, 3.05) is 11.9 Å². The highest BCUT2D eigenvalue weighted by Gasteiger charge is 2.00. The van der Waals surface area contributed by atoms with E-state index in [4.69, 9.17) is 21.4 Å². The number of nitrogens with zero attached hydrogens (tertiary/aromatic N) is 2. The lowest BCUT2D eigenvalue weighted by atomic mass is 10.2. The van der Waals surface area contributed by atoms with Crippen LogP contribution in [0, 0.1) is 0 Å². The zero-order valence-electron chi connectivity index (χ0n) is 10.4. The molecular formula is C13H12ClN3O3. The number of carboxylic acid groups (broad SMARTS) is 1. The molecule has 1 aromatic heterocycles. The quantitative estimate of drug-likeness (QED) is 0.794. The van der Waals surface area contributed by atoms with Crippen LogP contribution in [0.25, 0.3) is 0 Å². The molecule has 0 saturated heterocycles. The number of hydrogen-bond donors (Lipinski definition) is 2. The van der Waals surface area contributed by atoms with E-state index < -0.39 is 5.97 Å². The molecule has 2 aromatic rings. The van der Waals surface area contributed by atoms with Crippen molar-refractivity contribution < 1.29 is 14.6 Å². The number of anilines is 1. The predicted molar refractivity (Wildman–Crippen MR) is 73.9 cm³/mol. The summed E-state index contributed by atoms with van der Waals surface area (Å²) in [5, 5.41) is 12.0. The van der Waals surface area contributed by atoms with Gasteiger partial charge in [0, 0.05) is 12.6 Å². The van der Waals surface area contributed by atoms with Gasteiger partial charge < -0.3 is 15.2 Å². The first-order valence-corrected chi connectivity index (χ1v) is 6.16. The highest BCUT2D eigenvalue weighted by atomic mass is 35.5. The molecule has 0 spiro atoms. The number of aromatic nitrogens is 2. The van der Waals surface area contributed by atoms with E-state index in [1.54, 1.807) is 18.2 Å². The van der Waals surface area contributed by atoms with Gasteiger partial charge >= 0.3 is 5.97 Å². The molecule has 0 fully saturated rings. The summed E-state index contributed by atoms with van der Waals surface area (Å²) in [5.41, 5.74) is 1.00. The minimum Gasteiger partial charge on any atom is -0.482 e. The van der Waals surface area contributed by atoms with Gasteiger partial charge in [0.15, 0.2) is 6.61 Å². The van der Waals surface area contributed by atoms with Crippen molar-refractivity contribution in [3.8, 4) is 5.75 Å². The molecule has 0 radical (unpaired) electrons. The van der Waals surface area contributed by atoms with Gasteiger partial charge in [0.25, 0.3) is 0 Å². The summed E-state index contributed by atoms with van der Waals surface area (Å²) in [5.74, 6) is 0.147. The minimum absolute atomic E-state index is 0.350. The van der Waals surface area contributed by atoms with Crippen LogP contribution >= 0.6 is 11.6 Å². The maximum atomic E-state index is 10.4. The number of carboxylic acids is 1. The maximum Gasteiger partial charge on any atom is 0.341 e. The van der Waals surface area contributed by atoms with Gasteiger partial charge in [-0.15, -0.1) is 0 Å². The molecule has 7 heteroatoms. The van der Waals surface area contributed by atoms with E-state index in [1.807, 2.05) is 12.1 Å². The van der Waals surface area contributed by atoms with Crippen LogP contribution < -0.4 is 10.1 Å². The van der Waals surface area contributed by atoms with Gasteiger partial charge in [0.2, 0.25) is 0 Å². The first-order chi connectivity index (χ1) is 9.63. The Bertz CT molecular complexity index is 590. The van der Waals surface area contributed by atoms with E-state index in [-0.39, 0.29) is 6.61 Å². The molecule has 0 saturated carbocycles. The van der Waals surface area contributed by atoms with Gasteiger partial charge in [-0.25, -0.2) is 14.8 Å². The van der Waals surface area contributed by atoms with Crippen molar-refractivity contribution in [1.29, 1.82) is 0 Å². The Kier molecular flexibility index (Phi) is 4.73. The summed E-state index contributed by atoms with van der Waals surface area (Å²) in [4.78, 5) is 18.2. The van der Waals surface area contributed by atoms with Gasteiger partial charge in [-0.1, -0.05) is 23.7 Å². The lowest BCUT2D eigenvalue weighted by Crippen LogP contribution is -2.09. The second kappa shape index (κ2) is 6.72. The summed E-state index contributed by atoms with van der Waals surface area (Å²) in [6.45, 7) is 0.212. The zero-order chi connectivity index (χ0) is 14.4. The molecule has 20 heavy (non-hydrogen) atoms. The predicted octanol–water partition coefficient (Wildman–Crippen LogP) is 2.21. The Labute approximate surface area is 120 Å². The molecule has 0 aliphatic carbocycles. The summed E-state index contributed by atoms with van der Waals surface area (Å²) >= 11 is 5.75. The fourth-order valence-electron chi connectivity index (χ4n) is 1.47. The highest BCUT2D eigenvalue weighted by Crippen LogP contribution is 2.14. The van der Waals surface area contributed by atoms with Gasteiger partial charge in [-0.05, 0) is 17.7 Å². The van der Waals surface area contributed by atoms with E-state index in [0.29, 0.717) is 23.3 Å². The van der Waals surface area contributed by atoms with Crippen molar-refractivity contribution in [2.24, 2.45) is 0 Å². The number of ether oxygens (including phenoxy) is 1. The molecule has 2 rings (SSSR count). The summed E-state index contributed by atoms with van der Waals surface area (Å²) in [6, 6.07) is 8.74. The van der Waals surface area contributed by atoms with Crippen LogP contribution in [0.3, 0.4) is 0 Å². The molecule has 0 atom stereocenters. The third-order valence-electron chi connectivity index (χ3n) is 2.39. The molecule has 0 amide bonds. The number of halogens is 1. The molecule has 104 valence electrons. The smallest absolute Gasteiger partial charge is 0.341 e. The monoisotopic (exact) mass is 293 g/mol. The van der Waals surface area contributed by atoms with Crippen molar-refractivity contribution in [3.63, 3.8) is 0 Å². The molecule has 0 aliphatic heterocycles. The summed E-state index contributed by atoms with van der Waals surface area (Å²) in [7, 11) is 0. The van der Waals surface area contributed by atoms with Crippen molar-refractivity contribution in [2.45, 2.75) is 6.54 Å². The third-order valence-corrected chi connectivity index (χ3v) is 2.60. The van der Waals surface area contributed by atoms with E-state index >= 15 is 0 Å². The fourth-order valence-corrected chi connectivity index (χ4v) is 1.62. The second-order valence-electron chi connectivity index (χ2n) is 3.91. The Morgan fingerprint density at radius 2 is 2.05 bits per heavy atom. The second-order valence-corrected chi connectivity index (χ2v) is 4.29. The number of nitrogens with one attached hydrogen (secondary N) is 1. The van der Waals surface area contributed by atoms with E-state index in [0.717, 1.165) is 5.56 Å². The number of hydrogen-bond acceptors (Lipinski definition) is 5. The highest BCUT2D eigenvalue weighted by molar-refractivity contribution is 6.29. The van der Waals surface area contributed by atoms with Crippen LogP contribution in [0.5, 0.6) is 5.75 Å². The van der Waals surface area contributed by atoms with Crippen LogP contribution in [0.2, 0.25) is 5.15 Å². The van der Waals surface area contributed by atoms with Crippen molar-refractivity contribution in [1.82, 2.24) is 9.97 Å². The van der Waals surface area contributed by atoms with Crippen molar-refractivity contribution in [3.05, 3.63) is 47.4 Å². The molecule has 1 heterocycles. The first-order valence-electron chi connectivity index (χ1n) is 5.78. The molecule has 0 bridgehead atoms. The SMILES string of the molecule is O=C(O)COc1ccc(CNc2cc(Cl)ncn2)cc1. The topological polar surface area (TPSA) is 84.3 Å². The average Bonchev–Trinajstić information content (AvgIpc) is 2.44. The Morgan fingerprint density at radius 3 is 2.70 bits per heavy atom. The van der Waals surface area contributed by atoms with E-state index in [1.165, 1.54) is 6.33 Å². The number of benzene rings is 1. The average molecular weight is 294 g/mol. The maximum absolute atomic E-state index is 10.4. The first kappa shape index (κ1) is 14.1. The van der Waals surface area contributed by atoms with Gasteiger partial charge in [-0.3, -0.25) is 0 Å². The van der Waals surface area contributed by atoms with Crippen LogP contribution in [-0.2, 0) is 11.3 Å². The van der Waals surface area contributed by atoms with Crippen LogP contribution in [0.4, 0.5) is 5.82 Å². The molecule has 2 N–H and O–H groups in total. The van der Waals surface area contributed by atoms with Crippen LogP contribution in [-0.4, -0.2) is 27.7 Å². The van der Waals surface area contributed by atoms with E-state index in [2.05, 4.69) is 15.3 Å². The molecule has 0 aliphatic rings. The van der Waals surface area contributed by atoms with Crippen LogP contribution in [0.1, 0.15) is 5.56 Å². The largest absolute Gasteiger partial charge is 0.482 e. The summed E-state index contributed by atoms with van der Waals surface area (Å²) < 4.78 is 5.04. The Morgan fingerprint density at radius 1 is 1.30 bits per heavy atom. The Hall–Kier alpha value is -2.34. The Balaban J connectivity index is 1.89. The third kappa shape index (κ3) is 4.40. The van der Waals surface area contributed by atoms with Gasteiger partial charge in [0.1, 0.15) is 23.0 Å². The van der Waals surface area contributed by atoms with Gasteiger partial charge in [-0.2, -0.15) is 0 Å². The van der Waals surface area contributed by atoms with Crippen LogP contribution in [0.15, 0.2) is 36.7 Å². The molecule has 6 nitrogen and oxygen atoms in total. The molecule has 0 unspecified atom stereocenters. The fraction of sp³-hybridized carbons (Fsp3) is 0.154. The zero-order valence-corrected chi connectivity index (χ0v) is 11.2. The lowest BCUT2D eigenvalue weighted by molar-refractivity contribution is -0.139.